The molecule has 0 spiro atoms. The Morgan fingerprint density at radius 1 is 1.21 bits per heavy atom. The molecule has 4 rings (SSSR count). The molecule has 2 heterocycles. The van der Waals surface area contributed by atoms with Crippen LogP contribution in [-0.2, 0) is 21.1 Å². The van der Waals surface area contributed by atoms with Gasteiger partial charge in [0.15, 0.2) is 15.0 Å². The van der Waals surface area contributed by atoms with E-state index in [1.54, 1.807) is 41.3 Å². The minimum atomic E-state index is -3.18. The smallest absolute Gasteiger partial charge is 0.252 e. The van der Waals surface area contributed by atoms with E-state index >= 15 is 0 Å². The van der Waals surface area contributed by atoms with Crippen molar-refractivity contribution in [2.75, 3.05) is 16.4 Å². The summed E-state index contributed by atoms with van der Waals surface area (Å²) in [7, 11) is -3.18. The Morgan fingerprint density at radius 2 is 2.00 bits per heavy atom. The zero-order valence-electron chi connectivity index (χ0n) is 14.6. The number of carbonyl (C=O) groups excluding carboxylic acids is 1. The molecule has 0 aliphatic carbocycles. The van der Waals surface area contributed by atoms with E-state index in [1.165, 1.54) is 23.9 Å². The van der Waals surface area contributed by atoms with Crippen LogP contribution in [0.2, 0.25) is 5.02 Å². The number of sulfone groups is 1. The third-order valence-corrected chi connectivity index (χ3v) is 8.25. The number of rotatable bonds is 3. The van der Waals surface area contributed by atoms with Crippen LogP contribution in [0.25, 0.3) is 0 Å². The molecule has 5 nitrogen and oxygen atoms in total. The lowest BCUT2D eigenvalue weighted by Crippen LogP contribution is -2.37. The molecule has 28 heavy (non-hydrogen) atoms. The Balaban J connectivity index is 1.66. The van der Waals surface area contributed by atoms with Gasteiger partial charge in [-0.3, -0.25) is 4.79 Å². The van der Waals surface area contributed by atoms with E-state index in [0.717, 1.165) is 0 Å². The van der Waals surface area contributed by atoms with Crippen molar-refractivity contribution in [3.05, 3.63) is 64.9 Å². The first-order chi connectivity index (χ1) is 13.3. The van der Waals surface area contributed by atoms with Crippen molar-refractivity contribution in [1.29, 1.82) is 0 Å². The second kappa shape index (κ2) is 7.50. The number of nitrogens with zero attached hydrogens (tertiary/aromatic N) is 2. The fourth-order valence-corrected chi connectivity index (χ4v) is 7.58. The van der Waals surface area contributed by atoms with Gasteiger partial charge in [-0.15, -0.1) is 0 Å². The predicted octanol–water partition coefficient (Wildman–Crippen LogP) is 3.32. The molecule has 2 aromatic rings. The summed E-state index contributed by atoms with van der Waals surface area (Å²) in [5, 5.41) is 0.646. The van der Waals surface area contributed by atoms with Crippen LogP contribution in [0.3, 0.4) is 0 Å². The van der Waals surface area contributed by atoms with E-state index in [9.17, 15) is 17.6 Å². The maximum absolute atomic E-state index is 13.8. The van der Waals surface area contributed by atoms with Crippen molar-refractivity contribution >= 4 is 50.0 Å². The molecule has 146 valence electrons. The molecule has 2 aliphatic rings. The Kier molecular flexibility index (Phi) is 5.20. The first-order valence-electron chi connectivity index (χ1n) is 8.59. The number of benzene rings is 2. The molecule has 9 heteroatoms. The summed E-state index contributed by atoms with van der Waals surface area (Å²) >= 11 is 7.37. The number of carbonyl (C=O) groups is 1. The second-order valence-corrected chi connectivity index (χ2v) is 10.5. The highest BCUT2D eigenvalue weighted by Crippen LogP contribution is 2.41. The standard InChI is InChI=1S/C19H16ClFN2O3S2/c20-15-7-2-1-4-12(15)8-18(24)22-19-23(14-6-3-5-13(21)9-14)16-10-28(25,26)11-17(16)27-19/h1-7,9,16-17H,8,10-11H2/t16-,17-/m1/s1. The Bertz CT molecular complexity index is 1070. The SMILES string of the molecule is O=C(Cc1ccccc1Cl)N=C1S[C@@H]2CS(=O)(=O)C[C@H]2N1c1cccc(F)c1. The van der Waals surface area contributed by atoms with Crippen LogP contribution in [0.15, 0.2) is 53.5 Å². The number of thioether (sulfide) groups is 1. The number of hydrogen-bond acceptors (Lipinski definition) is 4. The summed E-state index contributed by atoms with van der Waals surface area (Å²) in [4.78, 5) is 18.4. The molecule has 2 aliphatic heterocycles. The predicted molar refractivity (Wildman–Crippen MR) is 110 cm³/mol. The van der Waals surface area contributed by atoms with Crippen LogP contribution in [0, 0.1) is 5.82 Å². The van der Waals surface area contributed by atoms with Crippen LogP contribution >= 0.6 is 23.4 Å². The molecule has 2 atom stereocenters. The summed E-state index contributed by atoms with van der Waals surface area (Å²) in [5.41, 5.74) is 1.16. The van der Waals surface area contributed by atoms with Crippen LogP contribution in [0.1, 0.15) is 5.56 Å². The van der Waals surface area contributed by atoms with Crippen molar-refractivity contribution in [3.63, 3.8) is 0 Å². The summed E-state index contributed by atoms with van der Waals surface area (Å²) in [6.07, 6.45) is 0.0361. The summed E-state index contributed by atoms with van der Waals surface area (Å²) in [5.74, 6) is -0.849. The number of amidine groups is 1. The first kappa shape index (κ1) is 19.4. The fraction of sp³-hybridized carbons (Fsp3) is 0.263. The largest absolute Gasteiger partial charge is 0.315 e. The molecule has 0 aromatic heterocycles. The van der Waals surface area contributed by atoms with Gasteiger partial charge in [0.2, 0.25) is 0 Å². The molecule has 1 amide bonds. The lowest BCUT2D eigenvalue weighted by atomic mass is 10.1. The number of amides is 1. The number of hydrogen-bond donors (Lipinski definition) is 0. The van der Waals surface area contributed by atoms with Gasteiger partial charge in [-0.1, -0.05) is 47.6 Å². The van der Waals surface area contributed by atoms with Crippen LogP contribution in [0.5, 0.6) is 0 Å². The minimum absolute atomic E-state index is 0.0197. The van der Waals surface area contributed by atoms with E-state index in [4.69, 9.17) is 11.6 Å². The van der Waals surface area contributed by atoms with Crippen LogP contribution in [0.4, 0.5) is 10.1 Å². The average molecular weight is 439 g/mol. The van der Waals surface area contributed by atoms with Crippen molar-refractivity contribution in [1.82, 2.24) is 0 Å². The van der Waals surface area contributed by atoms with E-state index in [2.05, 4.69) is 4.99 Å². The normalized spacial score (nSPS) is 24.5. The van der Waals surface area contributed by atoms with E-state index in [-0.39, 0.29) is 35.1 Å². The lowest BCUT2D eigenvalue weighted by Gasteiger charge is -2.24. The van der Waals surface area contributed by atoms with Gasteiger partial charge in [0, 0.05) is 16.0 Å². The molecule has 2 fully saturated rings. The summed E-state index contributed by atoms with van der Waals surface area (Å²) in [6, 6.07) is 12.5. The monoisotopic (exact) mass is 438 g/mol. The summed E-state index contributed by atoms with van der Waals surface area (Å²) < 4.78 is 37.9. The maximum atomic E-state index is 13.8. The molecule has 0 saturated carbocycles. The number of fused-ring (bicyclic) bond motifs is 1. The van der Waals surface area contributed by atoms with Gasteiger partial charge in [0.25, 0.3) is 5.91 Å². The average Bonchev–Trinajstić information content (AvgIpc) is 3.07. The van der Waals surface area contributed by atoms with Crippen LogP contribution in [-0.4, -0.2) is 42.3 Å². The van der Waals surface area contributed by atoms with Gasteiger partial charge in [0.1, 0.15) is 5.82 Å². The molecule has 0 N–H and O–H groups in total. The number of aliphatic imine (C=N–C) groups is 1. The highest BCUT2D eigenvalue weighted by Gasteiger charge is 2.49. The zero-order valence-corrected chi connectivity index (χ0v) is 17.0. The molecule has 0 bridgehead atoms. The minimum Gasteiger partial charge on any atom is -0.315 e. The van der Waals surface area contributed by atoms with Crippen molar-refractivity contribution in [2.24, 2.45) is 4.99 Å². The third-order valence-electron chi connectivity index (χ3n) is 4.67. The van der Waals surface area contributed by atoms with Crippen LogP contribution < -0.4 is 4.90 Å². The molecular formula is C19H16ClFN2O3S2. The number of halogens is 2. The highest BCUT2D eigenvalue weighted by molar-refractivity contribution is 8.16. The molecule has 2 saturated heterocycles. The topological polar surface area (TPSA) is 66.8 Å². The highest BCUT2D eigenvalue weighted by atomic mass is 35.5. The molecule has 2 aromatic carbocycles. The van der Waals surface area contributed by atoms with E-state index < -0.39 is 15.7 Å². The van der Waals surface area contributed by atoms with Crippen molar-refractivity contribution < 1.29 is 17.6 Å². The van der Waals surface area contributed by atoms with Gasteiger partial charge < -0.3 is 4.90 Å². The Morgan fingerprint density at radius 3 is 2.75 bits per heavy atom. The third kappa shape index (κ3) is 3.94. The molecule has 0 unspecified atom stereocenters. The molecular weight excluding hydrogens is 423 g/mol. The Hall–Kier alpha value is -1.90. The maximum Gasteiger partial charge on any atom is 0.252 e. The first-order valence-corrected chi connectivity index (χ1v) is 11.7. The fourth-order valence-electron chi connectivity index (χ4n) is 3.44. The van der Waals surface area contributed by atoms with Gasteiger partial charge in [-0.05, 0) is 29.8 Å². The van der Waals surface area contributed by atoms with Gasteiger partial charge >= 0.3 is 0 Å². The second-order valence-electron chi connectivity index (χ2n) is 6.71. The van der Waals surface area contributed by atoms with E-state index in [1.807, 2.05) is 0 Å². The van der Waals surface area contributed by atoms with E-state index in [0.29, 0.717) is 21.4 Å². The van der Waals surface area contributed by atoms with Crippen molar-refractivity contribution in [3.8, 4) is 0 Å². The number of anilines is 1. The van der Waals surface area contributed by atoms with Gasteiger partial charge in [-0.25, -0.2) is 12.8 Å². The van der Waals surface area contributed by atoms with Crippen molar-refractivity contribution in [2.45, 2.75) is 17.7 Å². The lowest BCUT2D eigenvalue weighted by molar-refractivity contribution is -0.117. The van der Waals surface area contributed by atoms with Gasteiger partial charge in [-0.2, -0.15) is 4.99 Å². The zero-order chi connectivity index (χ0) is 19.9. The molecule has 0 radical (unpaired) electrons. The Labute approximate surface area is 171 Å². The summed E-state index contributed by atoms with van der Waals surface area (Å²) in [6.45, 7) is 0. The van der Waals surface area contributed by atoms with Gasteiger partial charge in [0.05, 0.1) is 24.0 Å². The quantitative estimate of drug-likeness (QED) is 0.735.